The van der Waals surface area contributed by atoms with Crippen LogP contribution in [-0.4, -0.2) is 128 Å². The van der Waals surface area contributed by atoms with Gasteiger partial charge in [-0.05, 0) is 115 Å². The number of carbonyl (C=O) groups excluding carboxylic acids is 7. The third-order valence-electron chi connectivity index (χ3n) is 18.0. The molecule has 3 heterocycles. The molecule has 468 valence electrons. The lowest BCUT2D eigenvalue weighted by Gasteiger charge is -2.54. The summed E-state index contributed by atoms with van der Waals surface area (Å²) in [7, 11) is -5.71. The van der Waals surface area contributed by atoms with Gasteiger partial charge in [0, 0.05) is 55.5 Å². The van der Waals surface area contributed by atoms with Gasteiger partial charge in [0.15, 0.2) is 17.3 Å². The van der Waals surface area contributed by atoms with Gasteiger partial charge >= 0.3 is 33.8 Å². The smallest absolute Gasteiger partial charge is 0.464 e. The molecule has 3 saturated heterocycles. The summed E-state index contributed by atoms with van der Waals surface area (Å²) in [4.78, 5) is 93.2. The van der Waals surface area contributed by atoms with Crippen LogP contribution in [0.1, 0.15) is 98.3 Å². The molecule has 3 aromatic carbocycles. The first-order chi connectivity index (χ1) is 39.7. The Labute approximate surface area is 508 Å². The molecule has 0 saturated carbocycles. The summed E-state index contributed by atoms with van der Waals surface area (Å²) >= 11 is 2.10. The van der Waals surface area contributed by atoms with E-state index in [2.05, 4.69) is 27.3 Å². The average molecular weight is 1350 g/mol. The molecule has 0 aromatic heterocycles. The Kier molecular flexibility index (Phi) is 19.9. The predicted molar refractivity (Wildman–Crippen MR) is 309 cm³/mol. The van der Waals surface area contributed by atoms with Crippen LogP contribution >= 0.6 is 22.6 Å². The Bertz CT molecular complexity index is 3200. The van der Waals surface area contributed by atoms with Crippen LogP contribution in [0.3, 0.4) is 0 Å². The highest BCUT2D eigenvalue weighted by atomic mass is 127. The number of rotatable bonds is 8. The highest BCUT2D eigenvalue weighted by molar-refractivity contribution is 14.1. The number of nitrogens with zero attached hydrogens (tertiary/aromatic N) is 3. The zero-order valence-corrected chi connectivity index (χ0v) is 52.1. The maximum Gasteiger partial charge on any atom is 0.470 e. The quantitative estimate of drug-likeness (QED) is 0.0914. The first-order valence-electron chi connectivity index (χ1n) is 27.8. The summed E-state index contributed by atoms with van der Waals surface area (Å²) in [6, 6.07) is 27.1. The maximum absolute atomic E-state index is 13.7. The molecule has 0 N–H and O–H groups in total. The van der Waals surface area contributed by atoms with Gasteiger partial charge in [-0.3, -0.25) is 28.8 Å². The van der Waals surface area contributed by atoms with Gasteiger partial charge in [0.05, 0.1) is 38.1 Å². The first kappa shape index (κ1) is 68.9. The van der Waals surface area contributed by atoms with Crippen molar-refractivity contribution in [2.24, 2.45) is 34.0 Å². The second-order valence-electron chi connectivity index (χ2n) is 23.6. The lowest BCUT2D eigenvalue weighted by atomic mass is 9.51. The number of hydrogen-bond acceptors (Lipinski definition) is 10. The minimum atomic E-state index is -6.22. The van der Waals surface area contributed by atoms with E-state index in [1.807, 2.05) is 75.9 Å². The van der Waals surface area contributed by atoms with Crippen LogP contribution in [-0.2, 0) is 64.8 Å². The molecule has 0 radical (unpaired) electrons. The van der Waals surface area contributed by atoms with Crippen molar-refractivity contribution in [1.29, 1.82) is 0 Å². The number of halogens is 10. The second kappa shape index (κ2) is 24.8. The van der Waals surface area contributed by atoms with Crippen LogP contribution in [0.25, 0.3) is 0 Å². The lowest BCUT2D eigenvalue weighted by Crippen LogP contribution is -2.63. The van der Waals surface area contributed by atoms with E-state index in [0.717, 1.165) is 30.7 Å². The van der Waals surface area contributed by atoms with Crippen molar-refractivity contribution in [3.63, 3.8) is 0 Å². The van der Waals surface area contributed by atoms with E-state index in [1.165, 1.54) is 27.7 Å². The molecular weight excluding hydrogens is 1280 g/mol. The molecule has 3 fully saturated rings. The van der Waals surface area contributed by atoms with Crippen LogP contribution in [0.4, 0.5) is 39.0 Å². The number of hydrogen-bond donors (Lipinski definition) is 0. The molecule has 86 heavy (non-hydrogen) atoms. The van der Waals surface area contributed by atoms with Gasteiger partial charge in [0.25, 0.3) is 0 Å². The van der Waals surface area contributed by atoms with Crippen molar-refractivity contribution in [3.8, 4) is 0 Å². The number of benzene rings is 3. The number of ether oxygens (including phenoxy) is 1. The summed E-state index contributed by atoms with van der Waals surface area (Å²) in [5.74, 6) is -5.77. The second-order valence-corrected chi connectivity index (χ2v) is 26.1. The van der Waals surface area contributed by atoms with Crippen molar-refractivity contribution in [2.75, 3.05) is 46.4 Å². The average Bonchev–Trinajstić information content (AvgIpc) is 0.858. The third kappa shape index (κ3) is 11.9. The Morgan fingerprint density at radius 2 is 0.779 bits per heavy atom. The minimum Gasteiger partial charge on any atom is -0.464 e. The van der Waals surface area contributed by atoms with Crippen LogP contribution in [0.15, 0.2) is 124 Å². The van der Waals surface area contributed by atoms with Gasteiger partial charge in [0.2, 0.25) is 17.7 Å². The Morgan fingerprint density at radius 1 is 0.512 bits per heavy atom. The van der Waals surface area contributed by atoms with Crippen molar-refractivity contribution in [3.05, 3.63) is 141 Å². The standard InChI is InChI=1S/2C20H22F3NO2.C19H22INO2.C3H3F3O4S/c2*1-4-24-11-10-15-18(2,3)16(25)14(20(21,22)23)12-19(15,17(24)26)13-8-6-5-7-9-13;1-4-21-11-10-15-18(2,3)16(22)14(20)12-19(15,17(21)23)13-8-6-5-7-9-13;1-10-2(7)3(4,5)11(6,8)9/h2*5-9,12,15H,4,10-11H2,1-3H3;5-9,12,15H,4,10-11H2,1-3H3;1H3/t15-,19+;15-,19-;15-,19+;/m000./s1. The third-order valence-corrected chi connectivity index (χ3v) is 19.6. The summed E-state index contributed by atoms with van der Waals surface area (Å²) in [5.41, 5.74) is -7.18. The van der Waals surface area contributed by atoms with Crippen molar-refractivity contribution in [2.45, 2.75) is 115 Å². The molecule has 3 aromatic rings. The van der Waals surface area contributed by atoms with Gasteiger partial charge in [-0.2, -0.15) is 43.5 Å². The topological polar surface area (TPSA) is 173 Å². The molecule has 13 nitrogen and oxygen atoms in total. The monoisotopic (exact) mass is 1350 g/mol. The van der Waals surface area contributed by atoms with Crippen molar-refractivity contribution >= 4 is 73.9 Å². The van der Waals surface area contributed by atoms with Crippen LogP contribution in [0, 0.1) is 34.0 Å². The molecule has 3 aliphatic heterocycles. The Hall–Kier alpha value is -6.18. The fraction of sp³-hybridized carbons (Fsp3) is 0.500. The zero-order valence-electron chi connectivity index (χ0n) is 49.1. The molecular formula is C62H69F9IN3O10S. The van der Waals surface area contributed by atoms with Gasteiger partial charge in [-0.1, -0.05) is 136 Å². The predicted octanol–water partition coefficient (Wildman–Crippen LogP) is 11.6. The van der Waals surface area contributed by atoms with Gasteiger partial charge in [-0.25, -0.2) is 4.79 Å². The number of carbonyl (C=O) groups is 7. The summed E-state index contributed by atoms with van der Waals surface area (Å²) in [6.07, 6.45) is -4.02. The molecule has 6 atom stereocenters. The number of fused-ring (bicyclic) bond motifs is 3. The molecule has 0 spiro atoms. The van der Waals surface area contributed by atoms with E-state index in [4.69, 9.17) is 0 Å². The minimum absolute atomic E-state index is 0.00119. The normalized spacial score (nSPS) is 27.0. The number of Topliss-reactive ketones (excluding diaryl/α,β-unsaturated/α-hetero) is 3. The van der Waals surface area contributed by atoms with Gasteiger partial charge in [-0.15, -0.1) is 0 Å². The number of amides is 3. The summed E-state index contributed by atoms with van der Waals surface area (Å²) in [6.45, 7) is 18.9. The number of likely N-dealkylation sites (N-methyl/N-ethyl adjacent to an activating group) is 3. The largest absolute Gasteiger partial charge is 0.470 e. The molecule has 3 aliphatic carbocycles. The molecule has 9 rings (SSSR count). The van der Waals surface area contributed by atoms with Gasteiger partial charge < -0.3 is 19.4 Å². The van der Waals surface area contributed by atoms with Crippen molar-refractivity contribution in [1.82, 2.24) is 14.7 Å². The highest BCUT2D eigenvalue weighted by Gasteiger charge is 2.66. The summed E-state index contributed by atoms with van der Waals surface area (Å²) < 4.78 is 140. The maximum atomic E-state index is 13.7. The molecule has 3 amide bonds. The number of methoxy groups -OCH3 is 1. The van der Waals surface area contributed by atoms with Gasteiger partial charge in [0.1, 0.15) is 0 Å². The van der Waals surface area contributed by atoms with E-state index in [9.17, 15) is 81.0 Å². The molecule has 24 heteroatoms. The number of likely N-dealkylation sites (tertiary alicyclic amines) is 3. The fourth-order valence-corrected chi connectivity index (χ4v) is 15.1. The number of piperidine rings is 3. The van der Waals surface area contributed by atoms with Crippen LogP contribution in [0.5, 0.6) is 0 Å². The van der Waals surface area contributed by atoms with Crippen molar-refractivity contribution < 1.29 is 85.7 Å². The van der Waals surface area contributed by atoms with E-state index in [0.29, 0.717) is 67.4 Å². The fourth-order valence-electron chi connectivity index (χ4n) is 13.6. The number of ketones is 3. The SMILES string of the molecule is CCN1CC[C@H]2C(C)(C)C(=O)C(C(F)(F)F)=C[C@@]2(c2ccccc2)C1=O.CCN1CC[C@H]2C(C)(C)C(=O)C(C(F)(F)F)=C[C@]2(c2ccccc2)C1=O.CCN1CC[C@H]2C(C)(C)C(=O)C(I)=C[C@]2(c2ccccc2)C1=O.COC(=O)C(F)(F)S(=O)(=O)F. The molecule has 6 aliphatic rings. The lowest BCUT2D eigenvalue weighted by molar-refractivity contribution is -0.158. The summed E-state index contributed by atoms with van der Waals surface area (Å²) in [5, 5.41) is -5.11. The van der Waals surface area contributed by atoms with E-state index < -0.39 is 101 Å². The number of alkyl halides is 8. The Morgan fingerprint density at radius 3 is 1.01 bits per heavy atom. The molecule has 0 bridgehead atoms. The number of esters is 1. The Balaban J connectivity index is 0.000000190. The van der Waals surface area contributed by atoms with E-state index in [-0.39, 0.29) is 29.4 Å². The van der Waals surface area contributed by atoms with Crippen LogP contribution in [0.2, 0.25) is 0 Å². The van der Waals surface area contributed by atoms with Crippen LogP contribution < -0.4 is 0 Å². The molecule has 0 unspecified atom stereocenters. The first-order valence-corrected chi connectivity index (χ1v) is 30.3. The number of allylic oxidation sites excluding steroid dienone is 3. The van der Waals surface area contributed by atoms with E-state index in [1.54, 1.807) is 70.5 Å². The van der Waals surface area contributed by atoms with E-state index >= 15 is 0 Å². The zero-order chi connectivity index (χ0) is 64.8. The highest BCUT2D eigenvalue weighted by Crippen LogP contribution is 2.59.